The normalized spacial score (nSPS) is 22.1. The molecule has 2 unspecified atom stereocenters. The molecular formula is C12H15BrO. The largest absolute Gasteiger partial charge is 0.396 e. The first-order valence-electron chi connectivity index (χ1n) is 5.09. The topological polar surface area (TPSA) is 20.2 Å². The van der Waals surface area contributed by atoms with E-state index in [1.807, 2.05) is 0 Å². The molecule has 0 radical (unpaired) electrons. The zero-order valence-electron chi connectivity index (χ0n) is 8.33. The Kier molecular flexibility index (Phi) is 2.93. The molecule has 0 saturated heterocycles. The van der Waals surface area contributed by atoms with Crippen LogP contribution in [0.3, 0.4) is 0 Å². The molecule has 0 aromatic heterocycles. The molecule has 1 nitrogen and oxygen atoms in total. The number of hydrogen-bond donors (Lipinski definition) is 1. The minimum Gasteiger partial charge on any atom is -0.396 e. The van der Waals surface area contributed by atoms with Gasteiger partial charge in [-0.1, -0.05) is 35.0 Å². The zero-order chi connectivity index (χ0) is 10.1. The first-order chi connectivity index (χ1) is 6.72. The van der Waals surface area contributed by atoms with Gasteiger partial charge in [0, 0.05) is 11.1 Å². The summed E-state index contributed by atoms with van der Waals surface area (Å²) in [5, 5.41) is 9.13. The van der Waals surface area contributed by atoms with Crippen LogP contribution in [0.25, 0.3) is 0 Å². The van der Waals surface area contributed by atoms with Crippen molar-refractivity contribution in [2.45, 2.75) is 19.8 Å². The average Bonchev–Trinajstić information content (AvgIpc) is 2.62. The second kappa shape index (κ2) is 4.03. The molecule has 1 aliphatic rings. The minimum absolute atomic E-state index is 0.302. The van der Waals surface area contributed by atoms with E-state index in [4.69, 9.17) is 5.11 Å². The van der Waals surface area contributed by atoms with Crippen molar-refractivity contribution in [3.05, 3.63) is 33.8 Å². The van der Waals surface area contributed by atoms with Crippen LogP contribution in [0.2, 0.25) is 0 Å². The third-order valence-corrected chi connectivity index (χ3v) is 4.00. The summed E-state index contributed by atoms with van der Waals surface area (Å²) >= 11 is 3.58. The molecule has 76 valence electrons. The number of halogens is 1. The molecule has 0 saturated carbocycles. The standard InChI is InChI=1S/C12H15BrO/c1-8(7-14)10-5-9-3-2-4-12(13)11(9)6-10/h2-4,8,10,14H,5-7H2,1H3. The SMILES string of the molecule is CC(CO)C1Cc2cccc(Br)c2C1. The van der Waals surface area contributed by atoms with Gasteiger partial charge in [0.25, 0.3) is 0 Å². The third kappa shape index (κ3) is 1.73. The number of benzene rings is 1. The van der Waals surface area contributed by atoms with Gasteiger partial charge in [-0.3, -0.25) is 0 Å². The van der Waals surface area contributed by atoms with Crippen molar-refractivity contribution in [3.63, 3.8) is 0 Å². The van der Waals surface area contributed by atoms with Crippen LogP contribution in [0.4, 0.5) is 0 Å². The Bertz CT molecular complexity index is 335. The summed E-state index contributed by atoms with van der Waals surface area (Å²) in [6.07, 6.45) is 2.23. The first kappa shape index (κ1) is 10.2. The Hall–Kier alpha value is -0.340. The maximum Gasteiger partial charge on any atom is 0.0459 e. The molecule has 2 atom stereocenters. The number of fused-ring (bicyclic) bond motifs is 1. The molecule has 0 fully saturated rings. The van der Waals surface area contributed by atoms with Crippen molar-refractivity contribution in [2.24, 2.45) is 11.8 Å². The lowest BCUT2D eigenvalue weighted by molar-refractivity contribution is 0.191. The van der Waals surface area contributed by atoms with E-state index in [9.17, 15) is 0 Å². The molecule has 0 spiro atoms. The van der Waals surface area contributed by atoms with Gasteiger partial charge in [0.15, 0.2) is 0 Å². The van der Waals surface area contributed by atoms with Crippen LogP contribution >= 0.6 is 15.9 Å². The number of aliphatic hydroxyl groups is 1. The highest BCUT2D eigenvalue weighted by atomic mass is 79.9. The Balaban J connectivity index is 2.22. The predicted molar refractivity (Wildman–Crippen MR) is 61.3 cm³/mol. The second-order valence-electron chi connectivity index (χ2n) is 4.21. The van der Waals surface area contributed by atoms with E-state index in [1.54, 1.807) is 0 Å². The van der Waals surface area contributed by atoms with Gasteiger partial charge in [-0.05, 0) is 41.9 Å². The van der Waals surface area contributed by atoms with Gasteiger partial charge in [-0.2, -0.15) is 0 Å². The van der Waals surface area contributed by atoms with Gasteiger partial charge >= 0.3 is 0 Å². The van der Waals surface area contributed by atoms with Crippen LogP contribution in [-0.2, 0) is 12.8 Å². The molecule has 1 aliphatic carbocycles. The van der Waals surface area contributed by atoms with Gasteiger partial charge in [0.05, 0.1) is 0 Å². The summed E-state index contributed by atoms with van der Waals surface area (Å²) in [7, 11) is 0. The van der Waals surface area contributed by atoms with Crippen LogP contribution in [0.1, 0.15) is 18.1 Å². The summed E-state index contributed by atoms with van der Waals surface area (Å²) in [6, 6.07) is 6.39. The maximum absolute atomic E-state index is 9.13. The van der Waals surface area contributed by atoms with Crippen LogP contribution in [-0.4, -0.2) is 11.7 Å². The Morgan fingerprint density at radius 1 is 1.50 bits per heavy atom. The smallest absolute Gasteiger partial charge is 0.0459 e. The molecule has 0 amide bonds. The van der Waals surface area contributed by atoms with E-state index >= 15 is 0 Å². The van der Waals surface area contributed by atoms with Crippen molar-refractivity contribution < 1.29 is 5.11 Å². The summed E-state index contributed by atoms with van der Waals surface area (Å²) < 4.78 is 1.22. The van der Waals surface area contributed by atoms with Gasteiger partial charge in [-0.25, -0.2) is 0 Å². The molecule has 1 aromatic carbocycles. The lowest BCUT2D eigenvalue weighted by Gasteiger charge is -2.15. The maximum atomic E-state index is 9.13. The molecule has 2 rings (SSSR count). The first-order valence-corrected chi connectivity index (χ1v) is 5.88. The molecule has 0 bridgehead atoms. The van der Waals surface area contributed by atoms with E-state index in [0.717, 1.165) is 12.8 Å². The highest BCUT2D eigenvalue weighted by molar-refractivity contribution is 9.10. The van der Waals surface area contributed by atoms with Crippen LogP contribution in [0.15, 0.2) is 22.7 Å². The third-order valence-electron chi connectivity index (χ3n) is 3.26. The number of hydrogen-bond acceptors (Lipinski definition) is 1. The highest BCUT2D eigenvalue weighted by Gasteiger charge is 2.26. The highest BCUT2D eigenvalue weighted by Crippen LogP contribution is 2.35. The van der Waals surface area contributed by atoms with E-state index in [2.05, 4.69) is 41.1 Å². The van der Waals surface area contributed by atoms with Crippen LogP contribution in [0, 0.1) is 11.8 Å². The molecular weight excluding hydrogens is 240 g/mol. The van der Waals surface area contributed by atoms with E-state index < -0.39 is 0 Å². The quantitative estimate of drug-likeness (QED) is 0.861. The average molecular weight is 255 g/mol. The fourth-order valence-electron chi connectivity index (χ4n) is 2.19. The van der Waals surface area contributed by atoms with Crippen LogP contribution in [0.5, 0.6) is 0 Å². The number of rotatable bonds is 2. The van der Waals surface area contributed by atoms with E-state index in [0.29, 0.717) is 18.4 Å². The molecule has 0 heterocycles. The lowest BCUT2D eigenvalue weighted by Crippen LogP contribution is -2.15. The van der Waals surface area contributed by atoms with Crippen molar-refractivity contribution in [1.29, 1.82) is 0 Å². The summed E-state index contributed by atoms with van der Waals surface area (Å²) in [5.74, 6) is 1.03. The van der Waals surface area contributed by atoms with Crippen molar-refractivity contribution in [1.82, 2.24) is 0 Å². The van der Waals surface area contributed by atoms with Gasteiger partial charge in [-0.15, -0.1) is 0 Å². The fourth-order valence-corrected chi connectivity index (χ4v) is 2.76. The zero-order valence-corrected chi connectivity index (χ0v) is 9.92. The van der Waals surface area contributed by atoms with Crippen molar-refractivity contribution in [3.8, 4) is 0 Å². The van der Waals surface area contributed by atoms with E-state index in [1.165, 1.54) is 15.6 Å². The molecule has 0 aliphatic heterocycles. The molecule has 2 heteroatoms. The van der Waals surface area contributed by atoms with Gasteiger partial charge in [0.1, 0.15) is 0 Å². The fraction of sp³-hybridized carbons (Fsp3) is 0.500. The van der Waals surface area contributed by atoms with Crippen LogP contribution < -0.4 is 0 Å². The molecule has 1 N–H and O–H groups in total. The second-order valence-corrected chi connectivity index (χ2v) is 5.06. The molecule has 14 heavy (non-hydrogen) atoms. The Labute approximate surface area is 93.3 Å². The van der Waals surface area contributed by atoms with E-state index in [-0.39, 0.29) is 0 Å². The van der Waals surface area contributed by atoms with Gasteiger partial charge < -0.3 is 5.11 Å². The monoisotopic (exact) mass is 254 g/mol. The summed E-state index contributed by atoms with van der Waals surface area (Å²) in [6.45, 7) is 2.43. The van der Waals surface area contributed by atoms with Crippen molar-refractivity contribution >= 4 is 15.9 Å². The Morgan fingerprint density at radius 3 is 2.93 bits per heavy atom. The van der Waals surface area contributed by atoms with Gasteiger partial charge in [0.2, 0.25) is 0 Å². The lowest BCUT2D eigenvalue weighted by atomic mass is 9.92. The predicted octanol–water partition coefficient (Wildman–Crippen LogP) is 2.79. The van der Waals surface area contributed by atoms with Crippen molar-refractivity contribution in [2.75, 3.05) is 6.61 Å². The minimum atomic E-state index is 0.302. The number of aliphatic hydroxyl groups excluding tert-OH is 1. The Morgan fingerprint density at radius 2 is 2.29 bits per heavy atom. The summed E-state index contributed by atoms with van der Waals surface area (Å²) in [5.41, 5.74) is 2.89. The summed E-state index contributed by atoms with van der Waals surface area (Å²) in [4.78, 5) is 0. The molecule has 1 aromatic rings.